The van der Waals surface area contributed by atoms with Crippen LogP contribution in [0.3, 0.4) is 0 Å². The maximum Gasteiger partial charge on any atom is 0.282 e. The van der Waals surface area contributed by atoms with Gasteiger partial charge in [-0.15, -0.1) is 0 Å². The Bertz CT molecular complexity index is 545. The first kappa shape index (κ1) is 15.3. The second-order valence-electron chi connectivity index (χ2n) is 5.38. The molecule has 21 heavy (non-hydrogen) atoms. The number of rotatable bonds is 7. The van der Waals surface area contributed by atoms with E-state index in [1.165, 1.54) is 6.07 Å². The molecule has 1 aromatic rings. The molecule has 2 unspecified atom stereocenters. The average Bonchev–Trinajstić information content (AvgIpc) is 3.17. The van der Waals surface area contributed by atoms with Gasteiger partial charge in [0.15, 0.2) is 0 Å². The first-order valence-electron chi connectivity index (χ1n) is 7.40. The molecule has 0 bridgehead atoms. The maximum atomic E-state index is 12.3. The smallest absolute Gasteiger partial charge is 0.282 e. The summed E-state index contributed by atoms with van der Waals surface area (Å²) in [6.45, 7) is 4.74. The third-order valence-electron chi connectivity index (χ3n) is 3.72. The lowest BCUT2D eigenvalue weighted by Gasteiger charge is -2.08. The highest BCUT2D eigenvalue weighted by molar-refractivity contribution is 5.99. The van der Waals surface area contributed by atoms with Gasteiger partial charge in [-0.1, -0.05) is 13.3 Å². The van der Waals surface area contributed by atoms with E-state index in [0.29, 0.717) is 18.2 Å². The SMILES string of the molecule is CCCC1CC1NC(=O)c1cc(NCC)ccc1[N+](=O)[O-]. The van der Waals surface area contributed by atoms with Crippen LogP contribution in [0.15, 0.2) is 18.2 Å². The van der Waals surface area contributed by atoms with Gasteiger partial charge in [-0.2, -0.15) is 0 Å². The number of nitrogens with one attached hydrogen (secondary N) is 2. The van der Waals surface area contributed by atoms with Crippen molar-refractivity contribution in [1.29, 1.82) is 0 Å². The zero-order valence-corrected chi connectivity index (χ0v) is 12.4. The van der Waals surface area contributed by atoms with E-state index in [-0.39, 0.29) is 23.2 Å². The Labute approximate surface area is 124 Å². The zero-order chi connectivity index (χ0) is 15.4. The number of anilines is 1. The van der Waals surface area contributed by atoms with Crippen LogP contribution in [0.4, 0.5) is 11.4 Å². The minimum atomic E-state index is -0.513. The van der Waals surface area contributed by atoms with Crippen molar-refractivity contribution in [2.24, 2.45) is 5.92 Å². The summed E-state index contributed by atoms with van der Waals surface area (Å²) in [5.74, 6) is 0.167. The lowest BCUT2D eigenvalue weighted by atomic mass is 10.1. The van der Waals surface area contributed by atoms with Crippen LogP contribution in [0.2, 0.25) is 0 Å². The van der Waals surface area contributed by atoms with Crippen LogP contribution >= 0.6 is 0 Å². The second-order valence-corrected chi connectivity index (χ2v) is 5.38. The molecule has 0 spiro atoms. The molecular formula is C15H21N3O3. The third kappa shape index (κ3) is 3.71. The highest BCUT2D eigenvalue weighted by Crippen LogP contribution is 2.35. The summed E-state index contributed by atoms with van der Waals surface area (Å²) in [6, 6.07) is 4.72. The molecule has 0 aromatic heterocycles. The fraction of sp³-hybridized carbons (Fsp3) is 0.533. The van der Waals surface area contributed by atoms with E-state index < -0.39 is 4.92 Å². The van der Waals surface area contributed by atoms with E-state index in [4.69, 9.17) is 0 Å². The van der Waals surface area contributed by atoms with E-state index >= 15 is 0 Å². The number of benzene rings is 1. The van der Waals surface area contributed by atoms with E-state index in [1.807, 2.05) is 6.92 Å². The second kappa shape index (κ2) is 6.56. The summed E-state index contributed by atoms with van der Waals surface area (Å²) in [6.07, 6.45) is 3.15. The Kier molecular flexibility index (Phi) is 4.77. The molecule has 2 rings (SSSR count). The highest BCUT2D eigenvalue weighted by atomic mass is 16.6. The Balaban J connectivity index is 2.14. The molecular weight excluding hydrogens is 270 g/mol. The summed E-state index contributed by atoms with van der Waals surface area (Å²) >= 11 is 0. The lowest BCUT2D eigenvalue weighted by Crippen LogP contribution is -2.27. The van der Waals surface area contributed by atoms with Gasteiger partial charge in [-0.25, -0.2) is 0 Å². The first-order chi connectivity index (χ1) is 10.1. The molecule has 2 atom stereocenters. The van der Waals surface area contributed by atoms with Crippen LogP contribution in [-0.4, -0.2) is 23.4 Å². The van der Waals surface area contributed by atoms with Crippen molar-refractivity contribution in [3.63, 3.8) is 0 Å². The van der Waals surface area contributed by atoms with Gasteiger partial charge in [0.1, 0.15) is 5.56 Å². The van der Waals surface area contributed by atoms with Gasteiger partial charge in [-0.05, 0) is 37.8 Å². The van der Waals surface area contributed by atoms with Crippen molar-refractivity contribution in [2.45, 2.75) is 39.2 Å². The molecule has 6 heteroatoms. The number of carbonyl (C=O) groups is 1. The van der Waals surface area contributed by atoms with Crippen LogP contribution in [0.5, 0.6) is 0 Å². The van der Waals surface area contributed by atoms with Gasteiger partial charge in [0.05, 0.1) is 4.92 Å². The predicted molar refractivity (Wildman–Crippen MR) is 81.5 cm³/mol. The molecule has 1 aliphatic rings. The van der Waals surface area contributed by atoms with Crippen LogP contribution in [0.25, 0.3) is 0 Å². The normalized spacial score (nSPS) is 19.9. The Morgan fingerprint density at radius 1 is 1.43 bits per heavy atom. The number of nitro benzene ring substituents is 1. The van der Waals surface area contributed by atoms with E-state index in [1.54, 1.807) is 12.1 Å². The zero-order valence-electron chi connectivity index (χ0n) is 12.4. The van der Waals surface area contributed by atoms with E-state index in [2.05, 4.69) is 17.6 Å². The van der Waals surface area contributed by atoms with Crippen molar-refractivity contribution >= 4 is 17.3 Å². The van der Waals surface area contributed by atoms with Crippen LogP contribution in [0.1, 0.15) is 43.5 Å². The van der Waals surface area contributed by atoms with Gasteiger partial charge < -0.3 is 10.6 Å². The quantitative estimate of drug-likeness (QED) is 0.597. The van der Waals surface area contributed by atoms with Crippen molar-refractivity contribution in [1.82, 2.24) is 5.32 Å². The molecule has 0 radical (unpaired) electrons. The highest BCUT2D eigenvalue weighted by Gasteiger charge is 2.38. The largest absolute Gasteiger partial charge is 0.385 e. The lowest BCUT2D eigenvalue weighted by molar-refractivity contribution is -0.385. The fourth-order valence-corrected chi connectivity index (χ4v) is 2.55. The van der Waals surface area contributed by atoms with Crippen molar-refractivity contribution < 1.29 is 9.72 Å². The summed E-state index contributed by atoms with van der Waals surface area (Å²) < 4.78 is 0. The van der Waals surface area contributed by atoms with E-state index in [0.717, 1.165) is 19.3 Å². The minimum absolute atomic E-state index is 0.126. The minimum Gasteiger partial charge on any atom is -0.385 e. The monoisotopic (exact) mass is 291 g/mol. The molecule has 1 saturated carbocycles. The Morgan fingerprint density at radius 2 is 2.19 bits per heavy atom. The molecule has 1 aliphatic carbocycles. The van der Waals surface area contributed by atoms with E-state index in [9.17, 15) is 14.9 Å². The standard InChI is InChI=1S/C15H21N3O3/c1-3-5-10-8-13(10)17-15(19)12-9-11(16-4-2)6-7-14(12)18(20)21/h6-7,9-10,13,16H,3-5,8H2,1-2H3,(H,17,19). The number of amides is 1. The number of carbonyl (C=O) groups excluding carboxylic acids is 1. The average molecular weight is 291 g/mol. The Morgan fingerprint density at radius 3 is 2.81 bits per heavy atom. The first-order valence-corrected chi connectivity index (χ1v) is 7.40. The van der Waals surface area contributed by atoms with Crippen molar-refractivity contribution in [2.75, 3.05) is 11.9 Å². The van der Waals surface area contributed by atoms with Gasteiger partial charge in [0.25, 0.3) is 11.6 Å². The molecule has 1 amide bonds. The summed E-state index contributed by atoms with van der Waals surface area (Å²) in [4.78, 5) is 22.8. The fourth-order valence-electron chi connectivity index (χ4n) is 2.55. The maximum absolute atomic E-state index is 12.3. The molecule has 1 aromatic carbocycles. The van der Waals surface area contributed by atoms with Crippen LogP contribution < -0.4 is 10.6 Å². The molecule has 1 fully saturated rings. The molecule has 114 valence electrons. The van der Waals surface area contributed by atoms with Gasteiger partial charge in [0, 0.05) is 24.3 Å². The van der Waals surface area contributed by atoms with Gasteiger partial charge in [0.2, 0.25) is 0 Å². The molecule has 6 nitrogen and oxygen atoms in total. The molecule has 2 N–H and O–H groups in total. The third-order valence-corrected chi connectivity index (χ3v) is 3.72. The molecule has 0 saturated heterocycles. The number of hydrogen-bond acceptors (Lipinski definition) is 4. The van der Waals surface area contributed by atoms with Crippen LogP contribution in [0, 0.1) is 16.0 Å². The van der Waals surface area contributed by atoms with Gasteiger partial charge in [-0.3, -0.25) is 14.9 Å². The number of nitro groups is 1. The van der Waals surface area contributed by atoms with Crippen LogP contribution in [-0.2, 0) is 0 Å². The van der Waals surface area contributed by atoms with Crippen molar-refractivity contribution in [3.05, 3.63) is 33.9 Å². The molecule has 0 aliphatic heterocycles. The Hall–Kier alpha value is -2.11. The van der Waals surface area contributed by atoms with Gasteiger partial charge >= 0.3 is 0 Å². The summed E-state index contributed by atoms with van der Waals surface area (Å²) in [7, 11) is 0. The predicted octanol–water partition coefficient (Wildman–Crippen LogP) is 2.95. The summed E-state index contributed by atoms with van der Waals surface area (Å²) in [5.41, 5.74) is 0.691. The topological polar surface area (TPSA) is 84.3 Å². The number of hydrogen-bond donors (Lipinski definition) is 2. The number of nitrogens with zero attached hydrogens (tertiary/aromatic N) is 1. The summed E-state index contributed by atoms with van der Waals surface area (Å²) in [5, 5.41) is 17.0. The van der Waals surface area contributed by atoms with Crippen molar-refractivity contribution in [3.8, 4) is 0 Å². The molecule has 0 heterocycles.